The fourth-order valence-corrected chi connectivity index (χ4v) is 2.94. The minimum atomic E-state index is -0.716. The number of benzene rings is 2. The van der Waals surface area contributed by atoms with Crippen molar-refractivity contribution in [1.82, 2.24) is 0 Å². The van der Waals surface area contributed by atoms with E-state index < -0.39 is 15.8 Å². The second-order valence-electron chi connectivity index (χ2n) is 6.60. The first-order valence-electron chi connectivity index (χ1n) is 8.94. The molecule has 3 aromatic rings. The van der Waals surface area contributed by atoms with Gasteiger partial charge < -0.3 is 9.15 Å². The number of carbonyl (C=O) groups excluding carboxylic acids is 1. The van der Waals surface area contributed by atoms with Gasteiger partial charge in [0.15, 0.2) is 5.70 Å². The summed E-state index contributed by atoms with van der Waals surface area (Å²) in [5.74, 6) is 0.0136. The van der Waals surface area contributed by atoms with Crippen LogP contribution in [0, 0.1) is 27.2 Å². The van der Waals surface area contributed by atoms with Crippen LogP contribution in [-0.2, 0) is 9.53 Å². The van der Waals surface area contributed by atoms with Gasteiger partial charge in [-0.1, -0.05) is 6.07 Å². The number of non-ortho nitro benzene ring substituents is 1. The number of ether oxygens (including phenoxy) is 1. The van der Waals surface area contributed by atoms with E-state index in [1.54, 1.807) is 43.3 Å². The van der Waals surface area contributed by atoms with Crippen molar-refractivity contribution in [3.63, 3.8) is 0 Å². The SMILES string of the molecule is Cc1ccc(C2=N/C(=C\c3ccc(-c4ccc([N+](=O)[O-])cc4)o3)C(=O)O2)cc1[N+](=O)[O-]. The molecule has 0 spiro atoms. The molecule has 0 saturated carbocycles. The highest BCUT2D eigenvalue weighted by Crippen LogP contribution is 2.27. The quantitative estimate of drug-likeness (QED) is 0.258. The third-order valence-electron chi connectivity index (χ3n) is 4.54. The number of aliphatic imine (C=N–C) groups is 1. The van der Waals surface area contributed by atoms with E-state index in [2.05, 4.69) is 4.99 Å². The summed E-state index contributed by atoms with van der Waals surface area (Å²) in [4.78, 5) is 37.2. The summed E-state index contributed by atoms with van der Waals surface area (Å²) >= 11 is 0. The van der Waals surface area contributed by atoms with Crippen LogP contribution in [0.5, 0.6) is 0 Å². The summed E-state index contributed by atoms with van der Waals surface area (Å²) in [5.41, 5.74) is 1.24. The van der Waals surface area contributed by atoms with Gasteiger partial charge in [0.2, 0.25) is 5.90 Å². The standard InChI is InChI=1S/C21H13N3O7/c1-12-2-3-14(10-18(12)24(28)29)20-22-17(21(25)31-20)11-16-8-9-19(30-16)13-4-6-15(7-5-13)23(26)27/h2-11H,1H3/b17-11-. The number of hydrogen-bond acceptors (Lipinski definition) is 8. The van der Waals surface area contributed by atoms with Crippen molar-refractivity contribution in [1.29, 1.82) is 0 Å². The Hall–Kier alpha value is -4.60. The van der Waals surface area contributed by atoms with Gasteiger partial charge in [-0.05, 0) is 37.3 Å². The maximum absolute atomic E-state index is 12.2. The molecule has 0 aliphatic carbocycles. The van der Waals surface area contributed by atoms with Gasteiger partial charge in [-0.15, -0.1) is 0 Å². The van der Waals surface area contributed by atoms with Crippen LogP contribution < -0.4 is 0 Å². The molecule has 10 heteroatoms. The molecular formula is C21H13N3O7. The normalized spacial score (nSPS) is 14.4. The Bertz CT molecular complexity index is 1290. The molecule has 0 amide bonds. The zero-order valence-electron chi connectivity index (χ0n) is 16.0. The van der Waals surface area contributed by atoms with Crippen molar-refractivity contribution < 1.29 is 23.8 Å². The van der Waals surface area contributed by atoms with E-state index in [9.17, 15) is 25.0 Å². The number of cyclic esters (lactones) is 1. The van der Waals surface area contributed by atoms with E-state index in [0.29, 0.717) is 28.2 Å². The van der Waals surface area contributed by atoms with E-state index in [4.69, 9.17) is 9.15 Å². The van der Waals surface area contributed by atoms with Gasteiger partial charge >= 0.3 is 5.97 Å². The minimum Gasteiger partial charge on any atom is -0.457 e. The lowest BCUT2D eigenvalue weighted by Gasteiger charge is -2.01. The zero-order chi connectivity index (χ0) is 22.1. The fraction of sp³-hybridized carbons (Fsp3) is 0.0476. The van der Waals surface area contributed by atoms with Gasteiger partial charge in [-0.2, -0.15) is 0 Å². The maximum atomic E-state index is 12.2. The molecule has 154 valence electrons. The fourth-order valence-electron chi connectivity index (χ4n) is 2.94. The number of hydrogen-bond donors (Lipinski definition) is 0. The third kappa shape index (κ3) is 3.94. The largest absolute Gasteiger partial charge is 0.457 e. The zero-order valence-corrected chi connectivity index (χ0v) is 16.0. The van der Waals surface area contributed by atoms with Gasteiger partial charge in [0, 0.05) is 41.0 Å². The van der Waals surface area contributed by atoms with E-state index >= 15 is 0 Å². The molecule has 1 aliphatic rings. The predicted octanol–water partition coefficient (Wildman–Crippen LogP) is 4.42. The van der Waals surface area contributed by atoms with Crippen LogP contribution in [0.1, 0.15) is 16.9 Å². The summed E-state index contributed by atoms with van der Waals surface area (Å²) in [7, 11) is 0. The average molecular weight is 419 g/mol. The van der Waals surface area contributed by atoms with E-state index in [1.807, 2.05) is 0 Å². The van der Waals surface area contributed by atoms with Crippen LogP contribution >= 0.6 is 0 Å². The number of esters is 1. The highest BCUT2D eigenvalue weighted by atomic mass is 16.6. The minimum absolute atomic E-state index is 0.0252. The molecule has 2 aromatic carbocycles. The number of nitro groups is 2. The van der Waals surface area contributed by atoms with Crippen molar-refractivity contribution in [2.45, 2.75) is 6.92 Å². The summed E-state index contributed by atoms with van der Waals surface area (Å²) in [6, 6.07) is 13.5. The van der Waals surface area contributed by atoms with Crippen molar-refractivity contribution in [3.05, 3.63) is 97.4 Å². The molecule has 4 rings (SSSR count). The first kappa shape index (κ1) is 19.7. The number of carbonyl (C=O) groups is 1. The number of nitro benzene ring substituents is 2. The van der Waals surface area contributed by atoms with Gasteiger partial charge in [0.1, 0.15) is 11.5 Å². The van der Waals surface area contributed by atoms with Crippen LogP contribution in [0.2, 0.25) is 0 Å². The van der Waals surface area contributed by atoms with Crippen LogP contribution in [-0.4, -0.2) is 21.7 Å². The lowest BCUT2D eigenvalue weighted by molar-refractivity contribution is -0.385. The van der Waals surface area contributed by atoms with Crippen LogP contribution in [0.3, 0.4) is 0 Å². The Kier molecular flexibility index (Phi) is 4.88. The number of aryl methyl sites for hydroxylation is 1. The van der Waals surface area contributed by atoms with Crippen LogP contribution in [0.15, 0.2) is 69.7 Å². The molecule has 0 unspecified atom stereocenters. The lowest BCUT2D eigenvalue weighted by Crippen LogP contribution is -2.06. The van der Waals surface area contributed by atoms with E-state index in [0.717, 1.165) is 0 Å². The molecule has 1 aromatic heterocycles. The Morgan fingerprint density at radius 1 is 0.935 bits per heavy atom. The van der Waals surface area contributed by atoms with Crippen molar-refractivity contribution >= 4 is 29.3 Å². The average Bonchev–Trinajstić information content (AvgIpc) is 3.35. The van der Waals surface area contributed by atoms with Crippen molar-refractivity contribution in [2.24, 2.45) is 4.99 Å². The predicted molar refractivity (Wildman–Crippen MR) is 109 cm³/mol. The van der Waals surface area contributed by atoms with Gasteiger partial charge in [0.25, 0.3) is 11.4 Å². The van der Waals surface area contributed by atoms with Gasteiger partial charge in [-0.25, -0.2) is 9.79 Å². The molecule has 31 heavy (non-hydrogen) atoms. The summed E-state index contributed by atoms with van der Waals surface area (Å²) in [5, 5.41) is 21.9. The second-order valence-corrected chi connectivity index (χ2v) is 6.60. The molecule has 0 fully saturated rings. The molecule has 1 aliphatic heterocycles. The van der Waals surface area contributed by atoms with Crippen molar-refractivity contribution in [3.8, 4) is 11.3 Å². The first-order chi connectivity index (χ1) is 14.8. The molecule has 0 bridgehead atoms. The van der Waals surface area contributed by atoms with E-state index in [-0.39, 0.29) is 23.0 Å². The molecule has 10 nitrogen and oxygen atoms in total. The Labute approximate surface area is 174 Å². The van der Waals surface area contributed by atoms with Crippen molar-refractivity contribution in [2.75, 3.05) is 0 Å². The molecule has 0 saturated heterocycles. The summed E-state index contributed by atoms with van der Waals surface area (Å²) in [6.07, 6.45) is 1.38. The Morgan fingerprint density at radius 2 is 1.65 bits per heavy atom. The highest BCUT2D eigenvalue weighted by Gasteiger charge is 2.26. The second kappa shape index (κ2) is 7.67. The monoisotopic (exact) mass is 419 g/mol. The summed E-state index contributed by atoms with van der Waals surface area (Å²) < 4.78 is 10.8. The molecule has 0 atom stereocenters. The van der Waals surface area contributed by atoms with E-state index in [1.165, 1.54) is 24.3 Å². The lowest BCUT2D eigenvalue weighted by atomic mass is 10.1. The first-order valence-corrected chi connectivity index (χ1v) is 8.94. The number of furan rings is 1. The highest BCUT2D eigenvalue weighted by molar-refractivity contribution is 6.13. The molecule has 0 radical (unpaired) electrons. The topological polar surface area (TPSA) is 138 Å². The molecule has 2 heterocycles. The number of rotatable bonds is 5. The maximum Gasteiger partial charge on any atom is 0.363 e. The summed E-state index contributed by atoms with van der Waals surface area (Å²) in [6.45, 7) is 1.61. The Morgan fingerprint density at radius 3 is 2.32 bits per heavy atom. The van der Waals surface area contributed by atoms with Gasteiger partial charge in [-0.3, -0.25) is 20.2 Å². The molecular weight excluding hydrogens is 406 g/mol. The van der Waals surface area contributed by atoms with Gasteiger partial charge in [0.05, 0.1) is 9.85 Å². The number of nitrogens with zero attached hydrogens (tertiary/aromatic N) is 3. The smallest absolute Gasteiger partial charge is 0.363 e. The third-order valence-corrected chi connectivity index (χ3v) is 4.54. The van der Waals surface area contributed by atoms with Crippen LogP contribution in [0.25, 0.3) is 17.4 Å². The van der Waals surface area contributed by atoms with Crippen LogP contribution in [0.4, 0.5) is 11.4 Å². The molecule has 0 N–H and O–H groups in total. The Balaban J connectivity index is 1.60.